The van der Waals surface area contributed by atoms with Crippen molar-refractivity contribution in [1.82, 2.24) is 4.57 Å². The Labute approximate surface area is 90.7 Å². The molecule has 2 rings (SSSR count). The van der Waals surface area contributed by atoms with Crippen molar-refractivity contribution < 1.29 is 0 Å². The van der Waals surface area contributed by atoms with E-state index in [1.165, 1.54) is 22.0 Å². The lowest BCUT2D eigenvalue weighted by atomic mass is 10.1. The Morgan fingerprint density at radius 3 is 2.80 bits per heavy atom. The first-order valence-corrected chi connectivity index (χ1v) is 5.54. The summed E-state index contributed by atoms with van der Waals surface area (Å²) >= 11 is 0. The average Bonchev–Trinajstić information content (AvgIpc) is 2.57. The molecule has 0 bridgehead atoms. The molecule has 2 nitrogen and oxygen atoms in total. The van der Waals surface area contributed by atoms with Crippen molar-refractivity contribution in [3.05, 3.63) is 35.5 Å². The number of hydrogen-bond donors (Lipinski definition) is 1. The molecule has 0 spiro atoms. The predicted molar refractivity (Wildman–Crippen MR) is 65.1 cm³/mol. The maximum Gasteiger partial charge on any atom is 0.0486 e. The molecular weight excluding hydrogens is 184 g/mol. The van der Waals surface area contributed by atoms with Crippen LogP contribution in [0.5, 0.6) is 0 Å². The van der Waals surface area contributed by atoms with Crippen LogP contribution in [0, 0.1) is 6.92 Å². The molecule has 1 aromatic heterocycles. The van der Waals surface area contributed by atoms with Gasteiger partial charge in [0, 0.05) is 30.2 Å². The third-order valence-electron chi connectivity index (χ3n) is 2.87. The van der Waals surface area contributed by atoms with Gasteiger partial charge in [-0.15, -0.1) is 0 Å². The smallest absolute Gasteiger partial charge is 0.0486 e. The van der Waals surface area contributed by atoms with Crippen LogP contribution in [0.15, 0.2) is 24.4 Å². The van der Waals surface area contributed by atoms with Gasteiger partial charge in [0.05, 0.1) is 0 Å². The Bertz CT molecular complexity index is 469. The molecule has 0 aliphatic heterocycles. The van der Waals surface area contributed by atoms with E-state index in [1.54, 1.807) is 0 Å². The topological polar surface area (TPSA) is 30.9 Å². The monoisotopic (exact) mass is 202 g/mol. The van der Waals surface area contributed by atoms with Crippen LogP contribution in [-0.2, 0) is 13.0 Å². The van der Waals surface area contributed by atoms with Gasteiger partial charge in [-0.1, -0.05) is 19.1 Å². The second-order valence-electron chi connectivity index (χ2n) is 4.01. The summed E-state index contributed by atoms with van der Waals surface area (Å²) in [6.07, 6.45) is 3.31. The van der Waals surface area contributed by atoms with Gasteiger partial charge in [0.25, 0.3) is 0 Å². The summed E-state index contributed by atoms with van der Waals surface area (Å²) < 4.78 is 2.27. The van der Waals surface area contributed by atoms with Crippen molar-refractivity contribution in [2.45, 2.75) is 26.8 Å². The van der Waals surface area contributed by atoms with Crippen LogP contribution < -0.4 is 5.73 Å². The van der Waals surface area contributed by atoms with Gasteiger partial charge in [0.15, 0.2) is 0 Å². The first-order valence-electron chi connectivity index (χ1n) is 5.54. The fourth-order valence-electron chi connectivity index (χ4n) is 2.08. The number of rotatable bonds is 3. The zero-order valence-corrected chi connectivity index (χ0v) is 9.46. The first-order chi connectivity index (χ1) is 7.26. The number of aryl methyl sites for hydroxylation is 2. The number of aromatic nitrogens is 1. The standard InChI is InChI=1S/C13H18N2/c1-3-11-9-15(7-6-14)13-8-10(2)4-5-12(11)13/h4-5,8-9H,3,6-7,14H2,1-2H3. The van der Waals surface area contributed by atoms with Crippen molar-refractivity contribution in [1.29, 1.82) is 0 Å². The van der Waals surface area contributed by atoms with Gasteiger partial charge in [-0.3, -0.25) is 0 Å². The molecule has 1 aromatic carbocycles. The average molecular weight is 202 g/mol. The molecule has 0 saturated heterocycles. The quantitative estimate of drug-likeness (QED) is 0.814. The lowest BCUT2D eigenvalue weighted by Crippen LogP contribution is -2.08. The molecule has 80 valence electrons. The van der Waals surface area contributed by atoms with Crippen LogP contribution in [-0.4, -0.2) is 11.1 Å². The zero-order chi connectivity index (χ0) is 10.8. The lowest BCUT2D eigenvalue weighted by molar-refractivity contribution is 0.732. The Morgan fingerprint density at radius 2 is 2.13 bits per heavy atom. The molecule has 0 atom stereocenters. The molecule has 0 unspecified atom stereocenters. The summed E-state index contributed by atoms with van der Waals surface area (Å²) in [5, 5.41) is 1.37. The second-order valence-corrected chi connectivity index (χ2v) is 4.01. The fourth-order valence-corrected chi connectivity index (χ4v) is 2.08. The summed E-state index contributed by atoms with van der Waals surface area (Å²) in [4.78, 5) is 0. The van der Waals surface area contributed by atoms with E-state index >= 15 is 0 Å². The van der Waals surface area contributed by atoms with Crippen LogP contribution in [0.4, 0.5) is 0 Å². The Kier molecular flexibility index (Phi) is 2.78. The highest BCUT2D eigenvalue weighted by Gasteiger charge is 2.06. The third kappa shape index (κ3) is 1.77. The van der Waals surface area contributed by atoms with Crippen LogP contribution in [0.2, 0.25) is 0 Å². The Hall–Kier alpha value is -1.28. The summed E-state index contributed by atoms with van der Waals surface area (Å²) in [7, 11) is 0. The van der Waals surface area contributed by atoms with E-state index in [0.29, 0.717) is 6.54 Å². The van der Waals surface area contributed by atoms with Crippen LogP contribution in [0.25, 0.3) is 10.9 Å². The lowest BCUT2D eigenvalue weighted by Gasteiger charge is -2.02. The van der Waals surface area contributed by atoms with Gasteiger partial charge < -0.3 is 10.3 Å². The molecule has 0 aliphatic rings. The first kappa shape index (κ1) is 10.2. The van der Waals surface area contributed by atoms with E-state index in [0.717, 1.165) is 13.0 Å². The summed E-state index contributed by atoms with van der Waals surface area (Å²) in [5.74, 6) is 0. The van der Waals surface area contributed by atoms with E-state index in [9.17, 15) is 0 Å². The second kappa shape index (κ2) is 4.07. The minimum absolute atomic E-state index is 0.695. The highest BCUT2D eigenvalue weighted by molar-refractivity contribution is 5.84. The predicted octanol–water partition coefficient (Wildman–Crippen LogP) is 2.47. The molecule has 2 N–H and O–H groups in total. The van der Waals surface area contributed by atoms with Crippen molar-refractivity contribution in [2.24, 2.45) is 5.73 Å². The highest BCUT2D eigenvalue weighted by atomic mass is 15.0. The van der Waals surface area contributed by atoms with Crippen LogP contribution in [0.3, 0.4) is 0 Å². The molecule has 1 heterocycles. The van der Waals surface area contributed by atoms with Crippen molar-refractivity contribution in [3.8, 4) is 0 Å². The van der Waals surface area contributed by atoms with E-state index < -0.39 is 0 Å². The molecule has 2 aromatic rings. The molecule has 0 saturated carbocycles. The summed E-state index contributed by atoms with van der Waals surface area (Å²) in [5.41, 5.74) is 9.66. The van der Waals surface area contributed by atoms with Crippen molar-refractivity contribution >= 4 is 10.9 Å². The van der Waals surface area contributed by atoms with Gasteiger partial charge in [-0.2, -0.15) is 0 Å². The van der Waals surface area contributed by atoms with Crippen molar-refractivity contribution in [2.75, 3.05) is 6.54 Å². The Morgan fingerprint density at radius 1 is 1.33 bits per heavy atom. The fraction of sp³-hybridized carbons (Fsp3) is 0.385. The number of hydrogen-bond acceptors (Lipinski definition) is 1. The van der Waals surface area contributed by atoms with Crippen molar-refractivity contribution in [3.63, 3.8) is 0 Å². The highest BCUT2D eigenvalue weighted by Crippen LogP contribution is 2.22. The van der Waals surface area contributed by atoms with E-state index in [-0.39, 0.29) is 0 Å². The maximum absolute atomic E-state index is 5.62. The van der Waals surface area contributed by atoms with E-state index in [1.807, 2.05) is 0 Å². The van der Waals surface area contributed by atoms with E-state index in [4.69, 9.17) is 5.73 Å². The molecule has 0 aliphatic carbocycles. The number of nitrogens with zero attached hydrogens (tertiary/aromatic N) is 1. The molecule has 0 radical (unpaired) electrons. The van der Waals surface area contributed by atoms with Gasteiger partial charge in [0.2, 0.25) is 0 Å². The number of nitrogens with two attached hydrogens (primary N) is 1. The SMILES string of the molecule is CCc1cn(CCN)c2cc(C)ccc12. The molecule has 0 amide bonds. The molecule has 0 fully saturated rings. The minimum atomic E-state index is 0.695. The minimum Gasteiger partial charge on any atom is -0.346 e. The van der Waals surface area contributed by atoms with Gasteiger partial charge >= 0.3 is 0 Å². The Balaban J connectivity index is 2.64. The molecule has 2 heteroatoms. The summed E-state index contributed by atoms with van der Waals surface area (Å²) in [6, 6.07) is 6.63. The normalized spacial score (nSPS) is 11.1. The molecule has 15 heavy (non-hydrogen) atoms. The van der Waals surface area contributed by atoms with Gasteiger partial charge in [0.1, 0.15) is 0 Å². The van der Waals surface area contributed by atoms with Crippen LogP contribution in [0.1, 0.15) is 18.1 Å². The largest absolute Gasteiger partial charge is 0.346 e. The maximum atomic E-state index is 5.62. The number of fused-ring (bicyclic) bond motifs is 1. The van der Waals surface area contributed by atoms with E-state index in [2.05, 4.69) is 42.8 Å². The van der Waals surface area contributed by atoms with Gasteiger partial charge in [-0.25, -0.2) is 0 Å². The van der Waals surface area contributed by atoms with Crippen LogP contribution >= 0.6 is 0 Å². The molecular formula is C13H18N2. The number of benzene rings is 1. The van der Waals surface area contributed by atoms with Gasteiger partial charge in [-0.05, 0) is 30.5 Å². The summed E-state index contributed by atoms with van der Waals surface area (Å²) in [6.45, 7) is 5.92. The third-order valence-corrected chi connectivity index (χ3v) is 2.87. The zero-order valence-electron chi connectivity index (χ0n) is 9.46.